The number of furan rings is 1. The first-order valence-corrected chi connectivity index (χ1v) is 4.26. The number of methoxy groups -OCH3 is 1. The summed E-state index contributed by atoms with van der Waals surface area (Å²) in [6.45, 7) is 0. The lowest BCUT2D eigenvalue weighted by Gasteiger charge is -1.94. The summed E-state index contributed by atoms with van der Waals surface area (Å²) < 4.78 is 9.76. The molecule has 0 spiro atoms. The van der Waals surface area contributed by atoms with Crippen LogP contribution in [0.2, 0.25) is 0 Å². The SMILES string of the molecule is COC(=O)c1ccc(-c2cnccn2)o1. The predicted molar refractivity (Wildman–Crippen MR) is 51.1 cm³/mol. The van der Waals surface area contributed by atoms with Crippen LogP contribution in [0.1, 0.15) is 10.6 Å². The fourth-order valence-corrected chi connectivity index (χ4v) is 1.11. The Morgan fingerprint density at radius 2 is 2.27 bits per heavy atom. The highest BCUT2D eigenvalue weighted by atomic mass is 16.5. The Morgan fingerprint density at radius 1 is 1.40 bits per heavy atom. The number of ether oxygens (including phenoxy) is 1. The maximum absolute atomic E-state index is 11.1. The summed E-state index contributed by atoms with van der Waals surface area (Å²) >= 11 is 0. The second kappa shape index (κ2) is 3.91. The molecule has 0 aliphatic heterocycles. The molecular weight excluding hydrogens is 196 g/mol. The molecule has 0 N–H and O–H groups in total. The first kappa shape index (κ1) is 9.39. The van der Waals surface area contributed by atoms with Crippen LogP contribution in [0.15, 0.2) is 35.1 Å². The molecule has 2 aromatic heterocycles. The van der Waals surface area contributed by atoms with E-state index in [1.54, 1.807) is 24.7 Å². The standard InChI is InChI=1S/C10H8N2O3/c1-14-10(13)9-3-2-8(15-9)7-6-11-4-5-12-7/h2-6H,1H3. The van der Waals surface area contributed by atoms with Crippen LogP contribution in [0, 0.1) is 0 Å². The van der Waals surface area contributed by atoms with Gasteiger partial charge in [0.05, 0.1) is 13.3 Å². The highest BCUT2D eigenvalue weighted by Crippen LogP contribution is 2.19. The lowest BCUT2D eigenvalue weighted by molar-refractivity contribution is 0.0566. The molecule has 0 saturated carbocycles. The van der Waals surface area contributed by atoms with Gasteiger partial charge in [-0.1, -0.05) is 0 Å². The Labute approximate surface area is 85.7 Å². The first-order valence-electron chi connectivity index (χ1n) is 4.26. The molecular formula is C10H8N2O3. The average molecular weight is 204 g/mol. The second-order valence-electron chi connectivity index (χ2n) is 2.75. The quantitative estimate of drug-likeness (QED) is 0.694. The largest absolute Gasteiger partial charge is 0.463 e. The van der Waals surface area contributed by atoms with Gasteiger partial charge in [-0.05, 0) is 12.1 Å². The number of hydrogen-bond donors (Lipinski definition) is 0. The summed E-state index contributed by atoms with van der Waals surface area (Å²) in [6, 6.07) is 3.19. The molecule has 0 fully saturated rings. The van der Waals surface area contributed by atoms with Crippen molar-refractivity contribution in [3.63, 3.8) is 0 Å². The van der Waals surface area contributed by atoms with Gasteiger partial charge in [-0.25, -0.2) is 9.78 Å². The monoisotopic (exact) mass is 204 g/mol. The van der Waals surface area contributed by atoms with Gasteiger partial charge in [-0.15, -0.1) is 0 Å². The Kier molecular flexibility index (Phi) is 2.45. The van der Waals surface area contributed by atoms with Gasteiger partial charge in [0.15, 0.2) is 5.76 Å². The molecule has 0 saturated heterocycles. The molecule has 76 valence electrons. The third-order valence-corrected chi connectivity index (χ3v) is 1.81. The van der Waals surface area contributed by atoms with E-state index in [0.29, 0.717) is 11.5 Å². The zero-order valence-corrected chi connectivity index (χ0v) is 8.01. The van der Waals surface area contributed by atoms with Crippen molar-refractivity contribution in [1.82, 2.24) is 9.97 Å². The van der Waals surface area contributed by atoms with E-state index in [9.17, 15) is 4.79 Å². The van der Waals surface area contributed by atoms with Crippen LogP contribution in [-0.2, 0) is 4.74 Å². The maximum atomic E-state index is 11.1. The van der Waals surface area contributed by atoms with Crippen LogP contribution in [0.4, 0.5) is 0 Å². The predicted octanol–water partition coefficient (Wildman–Crippen LogP) is 1.52. The van der Waals surface area contributed by atoms with Gasteiger partial charge in [0.1, 0.15) is 5.69 Å². The van der Waals surface area contributed by atoms with Gasteiger partial charge in [-0.3, -0.25) is 4.98 Å². The molecule has 0 atom stereocenters. The summed E-state index contributed by atoms with van der Waals surface area (Å²) in [5.41, 5.74) is 0.577. The summed E-state index contributed by atoms with van der Waals surface area (Å²) in [7, 11) is 1.30. The van der Waals surface area contributed by atoms with E-state index in [2.05, 4.69) is 14.7 Å². The molecule has 0 unspecified atom stereocenters. The fraction of sp³-hybridized carbons (Fsp3) is 0.100. The molecule has 0 bridgehead atoms. The lowest BCUT2D eigenvalue weighted by Crippen LogP contribution is -1.98. The molecule has 15 heavy (non-hydrogen) atoms. The van der Waals surface area contributed by atoms with Crippen LogP contribution in [0.3, 0.4) is 0 Å². The molecule has 0 radical (unpaired) electrons. The van der Waals surface area contributed by atoms with Crippen LogP contribution < -0.4 is 0 Å². The maximum Gasteiger partial charge on any atom is 0.373 e. The van der Waals surface area contributed by atoms with Crippen molar-refractivity contribution in [2.24, 2.45) is 0 Å². The van der Waals surface area contributed by atoms with Crippen molar-refractivity contribution >= 4 is 5.97 Å². The molecule has 0 amide bonds. The summed E-state index contributed by atoms with van der Waals surface area (Å²) in [4.78, 5) is 19.0. The molecule has 0 aliphatic rings. The summed E-state index contributed by atoms with van der Waals surface area (Å²) in [5.74, 6) is 0.131. The van der Waals surface area contributed by atoms with Crippen LogP contribution in [-0.4, -0.2) is 23.0 Å². The van der Waals surface area contributed by atoms with Crippen LogP contribution >= 0.6 is 0 Å². The Hall–Kier alpha value is -2.17. The molecule has 2 aromatic rings. The Balaban J connectivity index is 2.32. The van der Waals surface area contributed by atoms with Gasteiger partial charge in [-0.2, -0.15) is 0 Å². The van der Waals surface area contributed by atoms with E-state index in [1.165, 1.54) is 13.2 Å². The van der Waals surface area contributed by atoms with Crippen LogP contribution in [0.5, 0.6) is 0 Å². The topological polar surface area (TPSA) is 65.2 Å². The summed E-state index contributed by atoms with van der Waals surface area (Å²) in [6.07, 6.45) is 4.67. The number of rotatable bonds is 2. The number of nitrogens with zero attached hydrogens (tertiary/aromatic N) is 2. The van der Waals surface area contributed by atoms with Crippen molar-refractivity contribution in [3.05, 3.63) is 36.5 Å². The zero-order valence-electron chi connectivity index (χ0n) is 8.01. The highest BCUT2D eigenvalue weighted by Gasteiger charge is 2.12. The van der Waals surface area contributed by atoms with Gasteiger partial charge in [0.2, 0.25) is 5.76 Å². The fourth-order valence-electron chi connectivity index (χ4n) is 1.11. The third-order valence-electron chi connectivity index (χ3n) is 1.81. The van der Waals surface area contributed by atoms with Crippen molar-refractivity contribution in [3.8, 4) is 11.5 Å². The van der Waals surface area contributed by atoms with E-state index in [1.807, 2.05) is 0 Å². The number of hydrogen-bond acceptors (Lipinski definition) is 5. The van der Waals surface area contributed by atoms with Gasteiger partial charge >= 0.3 is 5.97 Å². The van der Waals surface area contributed by atoms with Crippen molar-refractivity contribution in [2.75, 3.05) is 7.11 Å². The molecule has 0 aliphatic carbocycles. The Bertz CT molecular complexity index is 465. The third kappa shape index (κ3) is 1.85. The van der Waals surface area contributed by atoms with Gasteiger partial charge < -0.3 is 9.15 Å². The average Bonchev–Trinajstić information content (AvgIpc) is 2.78. The molecule has 2 rings (SSSR count). The van der Waals surface area contributed by atoms with Crippen molar-refractivity contribution in [1.29, 1.82) is 0 Å². The smallest absolute Gasteiger partial charge is 0.373 e. The lowest BCUT2D eigenvalue weighted by atomic mass is 10.3. The molecule has 2 heterocycles. The first-order chi connectivity index (χ1) is 7.31. The van der Waals surface area contributed by atoms with Gasteiger partial charge in [0, 0.05) is 12.4 Å². The van der Waals surface area contributed by atoms with E-state index >= 15 is 0 Å². The number of esters is 1. The van der Waals surface area contributed by atoms with E-state index in [0.717, 1.165) is 0 Å². The van der Waals surface area contributed by atoms with Crippen LogP contribution in [0.25, 0.3) is 11.5 Å². The summed E-state index contributed by atoms with van der Waals surface area (Å²) in [5, 5.41) is 0. The highest BCUT2D eigenvalue weighted by molar-refractivity contribution is 5.86. The van der Waals surface area contributed by atoms with E-state index < -0.39 is 5.97 Å². The van der Waals surface area contributed by atoms with E-state index in [4.69, 9.17) is 4.42 Å². The number of carbonyl (C=O) groups excluding carboxylic acids is 1. The minimum Gasteiger partial charge on any atom is -0.463 e. The minimum atomic E-state index is -0.509. The molecule has 0 aromatic carbocycles. The van der Waals surface area contributed by atoms with Gasteiger partial charge in [0.25, 0.3) is 0 Å². The number of carbonyl (C=O) groups is 1. The minimum absolute atomic E-state index is 0.151. The number of aromatic nitrogens is 2. The Morgan fingerprint density at radius 3 is 2.93 bits per heavy atom. The molecule has 5 nitrogen and oxygen atoms in total. The van der Waals surface area contributed by atoms with Crippen molar-refractivity contribution < 1.29 is 13.9 Å². The van der Waals surface area contributed by atoms with Crippen molar-refractivity contribution in [2.45, 2.75) is 0 Å². The van der Waals surface area contributed by atoms with E-state index in [-0.39, 0.29) is 5.76 Å². The second-order valence-corrected chi connectivity index (χ2v) is 2.75. The zero-order chi connectivity index (χ0) is 10.7. The normalized spacial score (nSPS) is 9.93. The molecule has 5 heteroatoms.